The van der Waals surface area contributed by atoms with Gasteiger partial charge in [-0.15, -0.1) is 0 Å². The summed E-state index contributed by atoms with van der Waals surface area (Å²) < 4.78 is 23.4. The van der Waals surface area contributed by atoms with E-state index in [0.717, 1.165) is 25.4 Å². The molecule has 2 atom stereocenters. The summed E-state index contributed by atoms with van der Waals surface area (Å²) >= 11 is 1.74. The van der Waals surface area contributed by atoms with Crippen molar-refractivity contribution in [2.75, 3.05) is 37.4 Å². The van der Waals surface area contributed by atoms with Gasteiger partial charge < -0.3 is 5.32 Å². The van der Waals surface area contributed by atoms with Crippen molar-refractivity contribution in [3.8, 4) is 0 Å². The van der Waals surface area contributed by atoms with Gasteiger partial charge in [0.1, 0.15) is 5.37 Å². The summed E-state index contributed by atoms with van der Waals surface area (Å²) in [5, 5.41) is 3.17. The molecule has 0 saturated carbocycles. The second-order valence-corrected chi connectivity index (χ2v) is 8.39. The van der Waals surface area contributed by atoms with Gasteiger partial charge in [0.05, 0.1) is 0 Å². The van der Waals surface area contributed by atoms with E-state index in [2.05, 4.69) is 24.1 Å². The third-order valence-corrected chi connectivity index (χ3v) is 5.99. The zero-order valence-electron chi connectivity index (χ0n) is 11.7. The lowest BCUT2D eigenvalue weighted by Crippen LogP contribution is -2.49. The SMILES string of the molecule is CCCC(C)NCCN1CCSCC1S(C)(=O)=O. The summed E-state index contributed by atoms with van der Waals surface area (Å²) in [6, 6.07) is 0.519. The maximum atomic E-state index is 11.7. The summed E-state index contributed by atoms with van der Waals surface area (Å²) in [5.41, 5.74) is 0. The van der Waals surface area contributed by atoms with Crippen molar-refractivity contribution in [1.29, 1.82) is 0 Å². The van der Waals surface area contributed by atoms with E-state index in [1.807, 2.05) is 0 Å². The van der Waals surface area contributed by atoms with Crippen LogP contribution in [0.3, 0.4) is 0 Å². The molecule has 1 rings (SSSR count). The Morgan fingerprint density at radius 2 is 2.22 bits per heavy atom. The normalized spacial score (nSPS) is 24.1. The summed E-state index contributed by atoms with van der Waals surface area (Å²) in [4.78, 5) is 2.11. The summed E-state index contributed by atoms with van der Waals surface area (Å²) in [6.07, 6.45) is 3.70. The van der Waals surface area contributed by atoms with Crippen LogP contribution in [0.4, 0.5) is 0 Å². The van der Waals surface area contributed by atoms with Gasteiger partial charge in [-0.25, -0.2) is 8.42 Å². The van der Waals surface area contributed by atoms with Crippen LogP contribution in [0.15, 0.2) is 0 Å². The Morgan fingerprint density at radius 3 is 2.83 bits per heavy atom. The van der Waals surface area contributed by atoms with Gasteiger partial charge in [0, 0.05) is 43.4 Å². The summed E-state index contributed by atoms with van der Waals surface area (Å²) in [7, 11) is -2.96. The number of thioether (sulfide) groups is 1. The van der Waals surface area contributed by atoms with Gasteiger partial charge in [-0.3, -0.25) is 4.90 Å². The van der Waals surface area contributed by atoms with Gasteiger partial charge in [0.15, 0.2) is 9.84 Å². The van der Waals surface area contributed by atoms with Crippen molar-refractivity contribution in [2.24, 2.45) is 0 Å². The molecule has 1 heterocycles. The van der Waals surface area contributed by atoms with E-state index >= 15 is 0 Å². The number of sulfone groups is 1. The highest BCUT2D eigenvalue weighted by molar-refractivity contribution is 8.00. The number of rotatable bonds is 7. The molecule has 0 aliphatic carbocycles. The lowest BCUT2D eigenvalue weighted by molar-refractivity contribution is 0.265. The summed E-state index contributed by atoms with van der Waals surface area (Å²) in [6.45, 7) is 6.94. The Balaban J connectivity index is 2.39. The first kappa shape index (κ1) is 16.3. The predicted octanol–water partition coefficient (Wildman–Crippen LogP) is 1.18. The number of nitrogens with one attached hydrogen (secondary N) is 1. The van der Waals surface area contributed by atoms with E-state index in [1.165, 1.54) is 19.1 Å². The Labute approximate surface area is 116 Å². The quantitative estimate of drug-likeness (QED) is 0.764. The second kappa shape index (κ2) is 7.72. The Hall–Kier alpha value is 0.220. The molecule has 0 radical (unpaired) electrons. The van der Waals surface area contributed by atoms with E-state index in [0.29, 0.717) is 11.8 Å². The first-order chi connectivity index (χ1) is 8.45. The van der Waals surface area contributed by atoms with Crippen molar-refractivity contribution >= 4 is 21.6 Å². The Bertz CT molecular complexity index is 333. The predicted molar refractivity (Wildman–Crippen MR) is 79.9 cm³/mol. The summed E-state index contributed by atoms with van der Waals surface area (Å²) in [5.74, 6) is 1.75. The molecule has 0 aromatic heterocycles. The maximum absolute atomic E-state index is 11.7. The first-order valence-corrected chi connectivity index (χ1v) is 9.80. The fourth-order valence-electron chi connectivity index (χ4n) is 2.26. The smallest absolute Gasteiger partial charge is 0.164 e. The van der Waals surface area contributed by atoms with E-state index in [9.17, 15) is 8.42 Å². The van der Waals surface area contributed by atoms with Crippen molar-refractivity contribution in [3.63, 3.8) is 0 Å². The molecule has 0 amide bonds. The Kier molecular flexibility index (Phi) is 6.98. The third kappa shape index (κ3) is 5.47. The fraction of sp³-hybridized carbons (Fsp3) is 1.00. The minimum atomic E-state index is -2.96. The van der Waals surface area contributed by atoms with Crippen molar-refractivity contribution in [3.05, 3.63) is 0 Å². The Morgan fingerprint density at radius 1 is 1.50 bits per heavy atom. The molecule has 6 heteroatoms. The van der Waals surface area contributed by atoms with Crippen molar-refractivity contribution in [1.82, 2.24) is 10.2 Å². The zero-order chi connectivity index (χ0) is 13.6. The monoisotopic (exact) mass is 294 g/mol. The van der Waals surface area contributed by atoms with Gasteiger partial charge in [-0.2, -0.15) is 11.8 Å². The molecule has 2 unspecified atom stereocenters. The van der Waals surface area contributed by atoms with E-state index in [4.69, 9.17) is 0 Å². The van der Waals surface area contributed by atoms with Crippen LogP contribution in [0.25, 0.3) is 0 Å². The molecule has 4 nitrogen and oxygen atoms in total. The van der Waals surface area contributed by atoms with Crippen LogP contribution in [0.1, 0.15) is 26.7 Å². The van der Waals surface area contributed by atoms with Crippen molar-refractivity contribution in [2.45, 2.75) is 38.1 Å². The van der Waals surface area contributed by atoms with Crippen molar-refractivity contribution < 1.29 is 8.42 Å². The van der Waals surface area contributed by atoms with Gasteiger partial charge in [-0.1, -0.05) is 13.3 Å². The van der Waals surface area contributed by atoms with Crippen LogP contribution in [0.5, 0.6) is 0 Å². The average molecular weight is 294 g/mol. The highest BCUT2D eigenvalue weighted by Gasteiger charge is 2.30. The largest absolute Gasteiger partial charge is 0.313 e. The maximum Gasteiger partial charge on any atom is 0.164 e. The molecule has 0 bridgehead atoms. The van der Waals surface area contributed by atoms with Gasteiger partial charge in [0.2, 0.25) is 0 Å². The highest BCUT2D eigenvalue weighted by atomic mass is 32.2. The number of hydrogen-bond acceptors (Lipinski definition) is 5. The molecule has 1 N–H and O–H groups in total. The van der Waals surface area contributed by atoms with E-state index in [-0.39, 0.29) is 5.37 Å². The lowest BCUT2D eigenvalue weighted by Gasteiger charge is -2.34. The molecule has 1 aliphatic heterocycles. The molecule has 108 valence electrons. The van der Waals surface area contributed by atoms with Crippen LogP contribution >= 0.6 is 11.8 Å². The number of nitrogens with zero attached hydrogens (tertiary/aromatic N) is 1. The van der Waals surface area contributed by atoms with Crippen LogP contribution in [0, 0.1) is 0 Å². The molecule has 1 fully saturated rings. The molecule has 0 aromatic rings. The van der Waals surface area contributed by atoms with Crippen LogP contribution in [0.2, 0.25) is 0 Å². The van der Waals surface area contributed by atoms with E-state index in [1.54, 1.807) is 11.8 Å². The molecule has 18 heavy (non-hydrogen) atoms. The third-order valence-electron chi connectivity index (χ3n) is 3.30. The van der Waals surface area contributed by atoms with Crippen LogP contribution in [-0.4, -0.2) is 62.1 Å². The topological polar surface area (TPSA) is 49.4 Å². The molecule has 1 aliphatic rings. The standard InChI is InChI=1S/C12H26N2O2S2/c1-4-5-11(2)13-6-7-14-8-9-17-10-12(14)18(3,15)16/h11-13H,4-10H2,1-3H3. The molecule has 0 spiro atoms. The van der Waals surface area contributed by atoms with Crippen LogP contribution in [-0.2, 0) is 9.84 Å². The van der Waals surface area contributed by atoms with Gasteiger partial charge >= 0.3 is 0 Å². The van der Waals surface area contributed by atoms with Gasteiger partial charge in [-0.05, 0) is 13.3 Å². The average Bonchev–Trinajstić information content (AvgIpc) is 2.28. The van der Waals surface area contributed by atoms with E-state index < -0.39 is 9.84 Å². The molecule has 1 saturated heterocycles. The minimum absolute atomic E-state index is 0.292. The first-order valence-electron chi connectivity index (χ1n) is 6.69. The second-order valence-electron chi connectivity index (χ2n) is 5.04. The minimum Gasteiger partial charge on any atom is -0.313 e. The lowest BCUT2D eigenvalue weighted by atomic mass is 10.2. The fourth-order valence-corrected chi connectivity index (χ4v) is 5.23. The van der Waals surface area contributed by atoms with Gasteiger partial charge in [0.25, 0.3) is 0 Å². The zero-order valence-corrected chi connectivity index (χ0v) is 13.3. The molecular formula is C12H26N2O2S2. The van der Waals surface area contributed by atoms with Crippen LogP contribution < -0.4 is 5.32 Å². The highest BCUT2D eigenvalue weighted by Crippen LogP contribution is 2.19. The molecule has 0 aromatic carbocycles. The molecular weight excluding hydrogens is 268 g/mol. The number of hydrogen-bond donors (Lipinski definition) is 1.